The first-order chi connectivity index (χ1) is 8.20. The van der Waals surface area contributed by atoms with E-state index in [2.05, 4.69) is 5.32 Å². The van der Waals surface area contributed by atoms with Crippen LogP contribution in [0.25, 0.3) is 0 Å². The maximum Gasteiger partial charge on any atom is 0.145 e. The summed E-state index contributed by atoms with van der Waals surface area (Å²) in [6.45, 7) is 2.11. The lowest BCUT2D eigenvalue weighted by atomic mass is 9.92. The zero-order valence-corrected chi connectivity index (χ0v) is 10.7. The van der Waals surface area contributed by atoms with Crippen molar-refractivity contribution in [2.75, 3.05) is 20.2 Å². The lowest BCUT2D eigenvalue weighted by Gasteiger charge is -2.23. The first-order valence-corrected chi connectivity index (χ1v) is 6.31. The number of halogens is 2. The van der Waals surface area contributed by atoms with Crippen LogP contribution in [-0.4, -0.2) is 20.2 Å². The molecule has 1 unspecified atom stereocenters. The molecule has 0 aromatic heterocycles. The minimum atomic E-state index is -0.422. The van der Waals surface area contributed by atoms with Gasteiger partial charge in [0.15, 0.2) is 0 Å². The smallest absolute Gasteiger partial charge is 0.145 e. The predicted octanol–water partition coefficient (Wildman–Crippen LogP) is 3.03. The third-order valence-corrected chi connectivity index (χ3v) is 3.52. The van der Waals surface area contributed by atoms with Crippen molar-refractivity contribution in [3.05, 3.63) is 28.5 Å². The van der Waals surface area contributed by atoms with Gasteiger partial charge in [0.1, 0.15) is 11.6 Å². The Kier molecular flexibility index (Phi) is 4.24. The summed E-state index contributed by atoms with van der Waals surface area (Å²) in [7, 11) is 1.56. The van der Waals surface area contributed by atoms with E-state index in [1.165, 1.54) is 18.9 Å². The molecular weight excluding hydrogens is 241 g/mol. The highest BCUT2D eigenvalue weighted by Gasteiger charge is 2.17. The van der Waals surface area contributed by atoms with E-state index >= 15 is 0 Å². The Labute approximate surface area is 106 Å². The first-order valence-electron chi connectivity index (χ1n) is 5.93. The van der Waals surface area contributed by atoms with E-state index < -0.39 is 5.82 Å². The van der Waals surface area contributed by atoms with Crippen LogP contribution in [0.15, 0.2) is 12.1 Å². The van der Waals surface area contributed by atoms with Gasteiger partial charge >= 0.3 is 0 Å². The standard InChI is InChI=1S/C13H17ClFNO/c1-17-13-7-12(15)11(14)6-10(13)5-9-3-2-4-16-8-9/h6-7,9,16H,2-5,8H2,1H3. The normalized spacial score (nSPS) is 20.3. The molecule has 94 valence electrons. The maximum atomic E-state index is 13.3. The Morgan fingerprint density at radius 2 is 2.35 bits per heavy atom. The summed E-state index contributed by atoms with van der Waals surface area (Å²) >= 11 is 5.81. The van der Waals surface area contributed by atoms with Crippen LogP contribution in [0.2, 0.25) is 5.02 Å². The van der Waals surface area contributed by atoms with Crippen molar-refractivity contribution in [1.29, 1.82) is 0 Å². The Hall–Kier alpha value is -0.800. The molecule has 0 radical (unpaired) electrons. The van der Waals surface area contributed by atoms with Crippen molar-refractivity contribution in [2.45, 2.75) is 19.3 Å². The van der Waals surface area contributed by atoms with Crippen LogP contribution in [0.4, 0.5) is 4.39 Å². The van der Waals surface area contributed by atoms with Gasteiger partial charge in [-0.1, -0.05) is 11.6 Å². The zero-order valence-electron chi connectivity index (χ0n) is 9.93. The molecule has 1 N–H and O–H groups in total. The van der Waals surface area contributed by atoms with E-state index in [0.717, 1.165) is 25.1 Å². The molecule has 2 rings (SSSR count). The summed E-state index contributed by atoms with van der Waals surface area (Å²) in [5.74, 6) is 0.755. The maximum absolute atomic E-state index is 13.3. The minimum absolute atomic E-state index is 0.171. The molecule has 2 nitrogen and oxygen atoms in total. The molecule has 1 aliphatic rings. The number of piperidine rings is 1. The highest BCUT2D eigenvalue weighted by molar-refractivity contribution is 6.30. The minimum Gasteiger partial charge on any atom is -0.496 e. The summed E-state index contributed by atoms with van der Waals surface area (Å²) in [4.78, 5) is 0. The van der Waals surface area contributed by atoms with Crippen LogP contribution in [0.5, 0.6) is 5.75 Å². The average Bonchev–Trinajstić information content (AvgIpc) is 2.35. The molecular formula is C13H17ClFNO. The van der Waals surface area contributed by atoms with E-state index in [0.29, 0.717) is 11.7 Å². The van der Waals surface area contributed by atoms with Crippen molar-refractivity contribution in [1.82, 2.24) is 5.32 Å². The molecule has 0 spiro atoms. The van der Waals surface area contributed by atoms with Crippen molar-refractivity contribution in [2.24, 2.45) is 5.92 Å². The average molecular weight is 258 g/mol. The molecule has 1 aliphatic heterocycles. The third-order valence-electron chi connectivity index (χ3n) is 3.23. The molecule has 1 atom stereocenters. The molecule has 1 aromatic carbocycles. The van der Waals surface area contributed by atoms with E-state index in [1.54, 1.807) is 13.2 Å². The van der Waals surface area contributed by atoms with Gasteiger partial charge in [0.05, 0.1) is 12.1 Å². The van der Waals surface area contributed by atoms with E-state index in [9.17, 15) is 4.39 Å². The molecule has 17 heavy (non-hydrogen) atoms. The van der Waals surface area contributed by atoms with Crippen molar-refractivity contribution >= 4 is 11.6 Å². The van der Waals surface area contributed by atoms with Gasteiger partial charge in [0.25, 0.3) is 0 Å². The molecule has 0 aliphatic carbocycles. The van der Waals surface area contributed by atoms with Gasteiger partial charge in [0.2, 0.25) is 0 Å². The van der Waals surface area contributed by atoms with Gasteiger partial charge in [0, 0.05) is 6.07 Å². The molecule has 0 amide bonds. The number of nitrogens with one attached hydrogen (secondary N) is 1. The first kappa shape index (κ1) is 12.7. The molecule has 1 heterocycles. The van der Waals surface area contributed by atoms with E-state index in [4.69, 9.17) is 16.3 Å². The van der Waals surface area contributed by atoms with E-state index in [-0.39, 0.29) is 5.02 Å². The number of rotatable bonds is 3. The fourth-order valence-corrected chi connectivity index (χ4v) is 2.51. The van der Waals surface area contributed by atoms with Gasteiger partial charge in [-0.15, -0.1) is 0 Å². The molecule has 1 saturated heterocycles. The van der Waals surface area contributed by atoms with Crippen molar-refractivity contribution < 1.29 is 9.13 Å². The van der Waals surface area contributed by atoms with Crippen LogP contribution < -0.4 is 10.1 Å². The van der Waals surface area contributed by atoms with Crippen LogP contribution in [0, 0.1) is 11.7 Å². The zero-order chi connectivity index (χ0) is 12.3. The summed E-state index contributed by atoms with van der Waals surface area (Å²) in [6.07, 6.45) is 3.28. The SMILES string of the molecule is COc1cc(F)c(Cl)cc1CC1CCCNC1. The summed E-state index contributed by atoms with van der Waals surface area (Å²) < 4.78 is 18.5. The largest absolute Gasteiger partial charge is 0.496 e. The van der Waals surface area contributed by atoms with Gasteiger partial charge in [-0.2, -0.15) is 0 Å². The highest BCUT2D eigenvalue weighted by Crippen LogP contribution is 2.29. The lowest BCUT2D eigenvalue weighted by molar-refractivity contribution is 0.363. The lowest BCUT2D eigenvalue weighted by Crippen LogP contribution is -2.30. The Balaban J connectivity index is 2.15. The molecule has 0 bridgehead atoms. The van der Waals surface area contributed by atoms with Gasteiger partial charge in [-0.25, -0.2) is 4.39 Å². The fourth-order valence-electron chi connectivity index (χ4n) is 2.33. The number of benzene rings is 1. The second kappa shape index (κ2) is 5.69. The van der Waals surface area contributed by atoms with Gasteiger partial charge in [-0.3, -0.25) is 0 Å². The van der Waals surface area contributed by atoms with E-state index in [1.807, 2.05) is 0 Å². The molecule has 4 heteroatoms. The van der Waals surface area contributed by atoms with Gasteiger partial charge in [-0.05, 0) is 49.9 Å². The Bertz CT molecular complexity index is 391. The van der Waals surface area contributed by atoms with Crippen LogP contribution in [0.3, 0.4) is 0 Å². The Morgan fingerprint density at radius 1 is 1.53 bits per heavy atom. The fraction of sp³-hybridized carbons (Fsp3) is 0.538. The number of hydrogen-bond donors (Lipinski definition) is 1. The molecule has 1 aromatic rings. The van der Waals surface area contributed by atoms with Crippen molar-refractivity contribution in [3.8, 4) is 5.75 Å². The number of methoxy groups -OCH3 is 1. The predicted molar refractivity (Wildman–Crippen MR) is 67.3 cm³/mol. The topological polar surface area (TPSA) is 21.3 Å². The van der Waals surface area contributed by atoms with Crippen molar-refractivity contribution in [3.63, 3.8) is 0 Å². The number of hydrogen-bond acceptors (Lipinski definition) is 2. The quantitative estimate of drug-likeness (QED) is 0.899. The Morgan fingerprint density at radius 3 is 3.00 bits per heavy atom. The van der Waals surface area contributed by atoms with Crippen LogP contribution in [0.1, 0.15) is 18.4 Å². The van der Waals surface area contributed by atoms with Crippen LogP contribution >= 0.6 is 11.6 Å². The van der Waals surface area contributed by atoms with Crippen LogP contribution in [-0.2, 0) is 6.42 Å². The summed E-state index contributed by atoms with van der Waals surface area (Å²) in [6, 6.07) is 3.05. The summed E-state index contributed by atoms with van der Waals surface area (Å²) in [5.41, 5.74) is 0.993. The van der Waals surface area contributed by atoms with Gasteiger partial charge < -0.3 is 10.1 Å². The number of ether oxygens (including phenoxy) is 1. The molecule has 0 saturated carbocycles. The molecule has 1 fully saturated rings. The second-order valence-electron chi connectivity index (χ2n) is 4.49. The second-order valence-corrected chi connectivity index (χ2v) is 4.90. The monoisotopic (exact) mass is 257 g/mol. The highest BCUT2D eigenvalue weighted by atomic mass is 35.5. The summed E-state index contributed by atoms with van der Waals surface area (Å²) in [5, 5.41) is 3.54. The third kappa shape index (κ3) is 3.11.